The number of ether oxygens (including phenoxy) is 2. The first-order valence-corrected chi connectivity index (χ1v) is 5.67. The van der Waals surface area contributed by atoms with Gasteiger partial charge in [0.05, 0.1) is 7.11 Å². The van der Waals surface area contributed by atoms with Crippen molar-refractivity contribution in [1.29, 1.82) is 0 Å². The van der Waals surface area contributed by atoms with Gasteiger partial charge in [0.15, 0.2) is 0 Å². The molecule has 7 heteroatoms. The van der Waals surface area contributed by atoms with Crippen molar-refractivity contribution in [2.24, 2.45) is 5.73 Å². The average Bonchev–Trinajstić information content (AvgIpc) is 2.34. The molecule has 0 aromatic heterocycles. The lowest BCUT2D eigenvalue weighted by atomic mass is 10.0. The molecule has 0 saturated heterocycles. The van der Waals surface area contributed by atoms with Crippen LogP contribution in [0.3, 0.4) is 0 Å². The van der Waals surface area contributed by atoms with Crippen LogP contribution in [0.25, 0.3) is 0 Å². The molecule has 3 N–H and O–H groups in total. The minimum atomic E-state index is -4.75. The van der Waals surface area contributed by atoms with Gasteiger partial charge in [0.2, 0.25) is 0 Å². The number of halogens is 3. The van der Waals surface area contributed by atoms with Gasteiger partial charge in [-0.25, -0.2) is 0 Å². The lowest BCUT2D eigenvalue weighted by Crippen LogP contribution is -2.18. The second-order valence-electron chi connectivity index (χ2n) is 3.92. The molecule has 0 bridgehead atoms. The summed E-state index contributed by atoms with van der Waals surface area (Å²) in [4.78, 5) is 0. The van der Waals surface area contributed by atoms with E-state index in [0.717, 1.165) is 6.07 Å². The third kappa shape index (κ3) is 4.96. The molecule has 1 atom stereocenters. The van der Waals surface area contributed by atoms with Crippen LogP contribution in [0.15, 0.2) is 18.2 Å². The van der Waals surface area contributed by atoms with Crippen LogP contribution in [0.5, 0.6) is 11.5 Å². The zero-order valence-electron chi connectivity index (χ0n) is 10.4. The lowest BCUT2D eigenvalue weighted by Gasteiger charge is -2.17. The predicted octanol–water partition coefficient (Wildman–Crippen LogP) is 2.37. The first-order valence-electron chi connectivity index (χ1n) is 5.67. The quantitative estimate of drug-likeness (QED) is 0.839. The second kappa shape index (κ2) is 6.63. The Morgan fingerprint density at radius 3 is 2.58 bits per heavy atom. The summed E-state index contributed by atoms with van der Waals surface area (Å²) in [5, 5.41) is 8.74. The average molecular weight is 279 g/mol. The molecule has 0 aliphatic rings. The topological polar surface area (TPSA) is 64.7 Å². The molecule has 19 heavy (non-hydrogen) atoms. The first-order chi connectivity index (χ1) is 8.87. The molecule has 108 valence electrons. The van der Waals surface area contributed by atoms with Crippen LogP contribution < -0.4 is 15.2 Å². The van der Waals surface area contributed by atoms with Crippen LogP contribution in [0.1, 0.15) is 24.4 Å². The van der Waals surface area contributed by atoms with E-state index in [1.54, 1.807) is 0 Å². The summed E-state index contributed by atoms with van der Waals surface area (Å²) in [6.45, 7) is -0.0330. The van der Waals surface area contributed by atoms with Gasteiger partial charge in [-0.1, -0.05) is 0 Å². The number of aliphatic hydroxyl groups is 1. The van der Waals surface area contributed by atoms with E-state index in [1.807, 2.05) is 0 Å². The van der Waals surface area contributed by atoms with Gasteiger partial charge in [-0.05, 0) is 31.0 Å². The minimum Gasteiger partial charge on any atom is -0.496 e. The van der Waals surface area contributed by atoms with Crippen molar-refractivity contribution in [2.45, 2.75) is 25.2 Å². The molecule has 0 saturated carbocycles. The maximum atomic E-state index is 12.1. The largest absolute Gasteiger partial charge is 0.573 e. The fourth-order valence-electron chi connectivity index (χ4n) is 1.67. The third-order valence-electron chi connectivity index (χ3n) is 2.51. The highest BCUT2D eigenvalue weighted by molar-refractivity contribution is 5.42. The van der Waals surface area contributed by atoms with Crippen LogP contribution >= 0.6 is 0 Å². The number of methoxy groups -OCH3 is 1. The van der Waals surface area contributed by atoms with Crippen molar-refractivity contribution >= 4 is 0 Å². The normalized spacial score (nSPS) is 13.2. The van der Waals surface area contributed by atoms with Crippen LogP contribution in [0.2, 0.25) is 0 Å². The van der Waals surface area contributed by atoms with Crippen molar-refractivity contribution in [3.05, 3.63) is 23.8 Å². The van der Waals surface area contributed by atoms with E-state index in [4.69, 9.17) is 15.6 Å². The van der Waals surface area contributed by atoms with Gasteiger partial charge in [-0.2, -0.15) is 0 Å². The number of hydrogen-bond acceptors (Lipinski definition) is 4. The highest BCUT2D eigenvalue weighted by atomic mass is 19.4. The van der Waals surface area contributed by atoms with Crippen LogP contribution in [-0.4, -0.2) is 25.2 Å². The van der Waals surface area contributed by atoms with E-state index in [-0.39, 0.29) is 12.4 Å². The Hall–Kier alpha value is -1.47. The number of nitrogens with two attached hydrogens (primary N) is 1. The fourth-order valence-corrected chi connectivity index (χ4v) is 1.67. The van der Waals surface area contributed by atoms with E-state index in [1.165, 1.54) is 19.2 Å². The van der Waals surface area contributed by atoms with E-state index < -0.39 is 12.4 Å². The van der Waals surface area contributed by atoms with Gasteiger partial charge < -0.3 is 20.3 Å². The van der Waals surface area contributed by atoms with Crippen molar-refractivity contribution in [2.75, 3.05) is 13.7 Å². The Labute approximate surface area is 108 Å². The maximum Gasteiger partial charge on any atom is 0.573 e. The fraction of sp³-hybridized carbons (Fsp3) is 0.500. The molecular weight excluding hydrogens is 263 g/mol. The summed E-state index contributed by atoms with van der Waals surface area (Å²) in [5.41, 5.74) is 6.28. The Balaban J connectivity index is 2.95. The highest BCUT2D eigenvalue weighted by Crippen LogP contribution is 2.32. The summed E-state index contributed by atoms with van der Waals surface area (Å²) in [5.74, 6) is 0.0442. The Bertz CT molecular complexity index is 410. The molecule has 4 nitrogen and oxygen atoms in total. The Kier molecular flexibility index (Phi) is 5.44. The molecule has 0 radical (unpaired) electrons. The zero-order valence-corrected chi connectivity index (χ0v) is 10.4. The van der Waals surface area contributed by atoms with E-state index >= 15 is 0 Å². The van der Waals surface area contributed by atoms with Crippen LogP contribution in [-0.2, 0) is 0 Å². The second-order valence-corrected chi connectivity index (χ2v) is 3.92. The number of aliphatic hydroxyl groups excluding tert-OH is 1. The SMILES string of the molecule is COc1ccc(OC(F)(F)F)cc1[C@@H](N)CCCO. The monoisotopic (exact) mass is 279 g/mol. The Morgan fingerprint density at radius 1 is 1.37 bits per heavy atom. The van der Waals surface area contributed by atoms with Crippen LogP contribution in [0.4, 0.5) is 13.2 Å². The summed E-state index contributed by atoms with van der Waals surface area (Å²) in [6.07, 6.45) is -3.86. The van der Waals surface area contributed by atoms with E-state index in [9.17, 15) is 13.2 Å². The van der Waals surface area contributed by atoms with Gasteiger partial charge in [0.1, 0.15) is 11.5 Å². The number of hydrogen-bond donors (Lipinski definition) is 2. The van der Waals surface area contributed by atoms with Gasteiger partial charge in [0, 0.05) is 18.2 Å². The van der Waals surface area contributed by atoms with E-state index in [2.05, 4.69) is 4.74 Å². The smallest absolute Gasteiger partial charge is 0.496 e. The lowest BCUT2D eigenvalue weighted by molar-refractivity contribution is -0.274. The molecule has 0 heterocycles. The maximum absolute atomic E-state index is 12.1. The molecule has 0 unspecified atom stereocenters. The summed E-state index contributed by atoms with van der Waals surface area (Å²) < 4.78 is 45.3. The molecule has 0 aliphatic carbocycles. The zero-order chi connectivity index (χ0) is 14.5. The van der Waals surface area contributed by atoms with Crippen molar-refractivity contribution in [3.63, 3.8) is 0 Å². The predicted molar refractivity (Wildman–Crippen MR) is 62.9 cm³/mol. The number of alkyl halides is 3. The molecule has 1 rings (SSSR count). The summed E-state index contributed by atoms with van der Waals surface area (Å²) >= 11 is 0. The Morgan fingerprint density at radius 2 is 2.05 bits per heavy atom. The van der Waals surface area contributed by atoms with Gasteiger partial charge >= 0.3 is 6.36 Å². The molecule has 1 aromatic carbocycles. The molecular formula is C12H16F3NO3. The highest BCUT2D eigenvalue weighted by Gasteiger charge is 2.31. The van der Waals surface area contributed by atoms with Crippen molar-refractivity contribution in [1.82, 2.24) is 0 Å². The van der Waals surface area contributed by atoms with Gasteiger partial charge in [-0.15, -0.1) is 13.2 Å². The molecule has 0 aliphatic heterocycles. The molecule has 0 amide bonds. The standard InChI is InChI=1S/C12H16F3NO3/c1-18-11-5-4-8(19-12(13,14)15)7-9(11)10(16)3-2-6-17/h4-5,7,10,17H,2-3,6,16H2,1H3/t10-/m0/s1. The van der Waals surface area contributed by atoms with Crippen LogP contribution in [0, 0.1) is 0 Å². The van der Waals surface area contributed by atoms with Gasteiger partial charge in [-0.3, -0.25) is 0 Å². The number of benzene rings is 1. The first kappa shape index (κ1) is 15.6. The third-order valence-corrected chi connectivity index (χ3v) is 2.51. The summed E-state index contributed by atoms with van der Waals surface area (Å²) in [6, 6.07) is 3.21. The minimum absolute atomic E-state index is 0.0330. The molecule has 0 fully saturated rings. The van der Waals surface area contributed by atoms with Gasteiger partial charge in [0.25, 0.3) is 0 Å². The van der Waals surface area contributed by atoms with Crippen molar-refractivity contribution < 1.29 is 27.8 Å². The number of rotatable bonds is 6. The molecule has 1 aromatic rings. The molecule has 0 spiro atoms. The summed E-state index contributed by atoms with van der Waals surface area (Å²) in [7, 11) is 1.40. The van der Waals surface area contributed by atoms with E-state index in [0.29, 0.717) is 24.2 Å². The van der Waals surface area contributed by atoms with Crippen molar-refractivity contribution in [3.8, 4) is 11.5 Å².